The summed E-state index contributed by atoms with van der Waals surface area (Å²) in [6, 6.07) is 0.126. The van der Waals surface area contributed by atoms with E-state index in [1.54, 1.807) is 4.90 Å². The van der Waals surface area contributed by atoms with E-state index in [-0.39, 0.29) is 29.7 Å². The van der Waals surface area contributed by atoms with E-state index < -0.39 is 0 Å². The predicted octanol–water partition coefficient (Wildman–Crippen LogP) is 0.770. The van der Waals surface area contributed by atoms with Crippen LogP contribution in [0.4, 0.5) is 0 Å². The Labute approximate surface area is 102 Å². The average Bonchev–Trinajstić information content (AvgIpc) is 3.00. The number of hydrogen-bond acceptors (Lipinski definition) is 3. The largest absolute Gasteiger partial charge is 0.315 e. The van der Waals surface area contributed by atoms with E-state index >= 15 is 0 Å². The molecule has 3 rings (SSSR count). The Hall–Kier alpha value is -0.900. The van der Waals surface area contributed by atoms with E-state index in [0.29, 0.717) is 5.92 Å². The Bertz CT molecular complexity index is 325. The first kappa shape index (κ1) is 11.2. The van der Waals surface area contributed by atoms with E-state index in [0.717, 1.165) is 38.8 Å². The summed E-state index contributed by atoms with van der Waals surface area (Å²) in [5, 5.41) is 3.23. The van der Waals surface area contributed by atoms with Crippen LogP contribution in [0.15, 0.2) is 0 Å². The van der Waals surface area contributed by atoms with Gasteiger partial charge in [0.2, 0.25) is 11.8 Å². The molecule has 3 fully saturated rings. The molecule has 0 aromatic heterocycles. The fraction of sp³-hybridized carbons (Fsp3) is 0.846. The molecule has 1 saturated carbocycles. The Balaban J connectivity index is 1.78. The van der Waals surface area contributed by atoms with Crippen molar-refractivity contribution in [2.75, 3.05) is 13.1 Å². The average molecular weight is 236 g/mol. The van der Waals surface area contributed by atoms with E-state index in [1.807, 2.05) is 0 Å². The number of nitrogens with one attached hydrogen (secondary N) is 1. The molecule has 2 saturated heterocycles. The van der Waals surface area contributed by atoms with Crippen LogP contribution < -0.4 is 5.32 Å². The molecule has 1 N–H and O–H groups in total. The van der Waals surface area contributed by atoms with Crippen LogP contribution in [0.1, 0.15) is 32.6 Å². The number of likely N-dealkylation sites (tertiary alicyclic amines) is 1. The fourth-order valence-electron chi connectivity index (χ4n) is 3.71. The van der Waals surface area contributed by atoms with Crippen LogP contribution in [0.25, 0.3) is 0 Å². The molecule has 4 nitrogen and oxygen atoms in total. The van der Waals surface area contributed by atoms with Gasteiger partial charge < -0.3 is 5.32 Å². The standard InChI is InChI=1S/C13H20N2O2/c1-2-8-5-10-11(6-8)13(17)15(12(10)16)9-3-4-14-7-9/h8-11,14H,2-7H2,1H3. The van der Waals surface area contributed by atoms with Crippen LogP contribution >= 0.6 is 0 Å². The minimum atomic E-state index is 0.00745. The van der Waals surface area contributed by atoms with Crippen LogP contribution in [0.2, 0.25) is 0 Å². The molecule has 3 atom stereocenters. The van der Waals surface area contributed by atoms with E-state index in [9.17, 15) is 9.59 Å². The van der Waals surface area contributed by atoms with Crippen molar-refractivity contribution in [3.63, 3.8) is 0 Å². The molecular weight excluding hydrogens is 216 g/mol. The molecule has 2 amide bonds. The zero-order chi connectivity index (χ0) is 12.0. The summed E-state index contributed by atoms with van der Waals surface area (Å²) in [4.78, 5) is 26.2. The molecular formula is C13H20N2O2. The van der Waals surface area contributed by atoms with Gasteiger partial charge in [0.1, 0.15) is 0 Å². The van der Waals surface area contributed by atoms with Crippen molar-refractivity contribution >= 4 is 11.8 Å². The van der Waals surface area contributed by atoms with Crippen LogP contribution in [0, 0.1) is 17.8 Å². The number of nitrogens with zero attached hydrogens (tertiary/aromatic N) is 1. The molecule has 0 aromatic carbocycles. The van der Waals surface area contributed by atoms with Gasteiger partial charge in [0.25, 0.3) is 0 Å². The molecule has 1 aliphatic carbocycles. The van der Waals surface area contributed by atoms with Crippen molar-refractivity contribution in [3.8, 4) is 0 Å². The number of imide groups is 1. The smallest absolute Gasteiger partial charge is 0.233 e. The van der Waals surface area contributed by atoms with Crippen molar-refractivity contribution in [1.82, 2.24) is 10.2 Å². The van der Waals surface area contributed by atoms with Crippen LogP contribution in [0.5, 0.6) is 0 Å². The van der Waals surface area contributed by atoms with Gasteiger partial charge in [0.15, 0.2) is 0 Å². The van der Waals surface area contributed by atoms with Crippen LogP contribution in [-0.2, 0) is 9.59 Å². The molecule has 2 heterocycles. The molecule has 94 valence electrons. The normalized spacial score (nSPS) is 41.4. The molecule has 2 aliphatic heterocycles. The maximum absolute atomic E-state index is 12.3. The number of hydrogen-bond donors (Lipinski definition) is 1. The van der Waals surface area contributed by atoms with Crippen molar-refractivity contribution in [1.29, 1.82) is 0 Å². The summed E-state index contributed by atoms with van der Waals surface area (Å²) >= 11 is 0. The monoisotopic (exact) mass is 236 g/mol. The second-order valence-electron chi connectivity index (χ2n) is 5.65. The zero-order valence-electron chi connectivity index (χ0n) is 10.3. The Kier molecular flexibility index (Phi) is 2.69. The van der Waals surface area contributed by atoms with Crippen LogP contribution in [0.3, 0.4) is 0 Å². The minimum Gasteiger partial charge on any atom is -0.315 e. The highest BCUT2D eigenvalue weighted by molar-refractivity contribution is 6.05. The van der Waals surface area contributed by atoms with Gasteiger partial charge in [-0.1, -0.05) is 13.3 Å². The predicted molar refractivity (Wildman–Crippen MR) is 63.1 cm³/mol. The third-order valence-electron chi connectivity index (χ3n) is 4.75. The molecule has 4 heteroatoms. The van der Waals surface area contributed by atoms with Gasteiger partial charge in [-0.05, 0) is 31.7 Å². The zero-order valence-corrected chi connectivity index (χ0v) is 10.3. The molecule has 0 spiro atoms. The van der Waals surface area contributed by atoms with Gasteiger partial charge in [0.05, 0.1) is 17.9 Å². The summed E-state index contributed by atoms with van der Waals surface area (Å²) in [5.41, 5.74) is 0. The summed E-state index contributed by atoms with van der Waals surface area (Å²) in [5.74, 6) is 0.831. The van der Waals surface area contributed by atoms with Crippen molar-refractivity contribution in [2.24, 2.45) is 17.8 Å². The molecule has 0 aromatic rings. The quantitative estimate of drug-likeness (QED) is 0.720. The molecule has 3 aliphatic rings. The third kappa shape index (κ3) is 1.61. The van der Waals surface area contributed by atoms with E-state index in [1.165, 1.54) is 0 Å². The number of fused-ring (bicyclic) bond motifs is 1. The highest BCUT2D eigenvalue weighted by Gasteiger charge is 2.54. The van der Waals surface area contributed by atoms with E-state index in [4.69, 9.17) is 0 Å². The molecule has 17 heavy (non-hydrogen) atoms. The van der Waals surface area contributed by atoms with Crippen LogP contribution in [-0.4, -0.2) is 35.8 Å². The maximum Gasteiger partial charge on any atom is 0.233 e. The SMILES string of the molecule is CCC1CC2C(=O)N(C3CCNC3)C(=O)C2C1. The third-order valence-corrected chi connectivity index (χ3v) is 4.75. The lowest BCUT2D eigenvalue weighted by atomic mass is 10.00. The fourth-order valence-corrected chi connectivity index (χ4v) is 3.71. The van der Waals surface area contributed by atoms with Gasteiger partial charge in [-0.25, -0.2) is 0 Å². The summed E-state index contributed by atoms with van der Waals surface area (Å²) in [6.45, 7) is 3.86. The Morgan fingerprint density at radius 1 is 1.24 bits per heavy atom. The lowest BCUT2D eigenvalue weighted by Gasteiger charge is -2.23. The Morgan fingerprint density at radius 2 is 1.88 bits per heavy atom. The second-order valence-corrected chi connectivity index (χ2v) is 5.65. The highest BCUT2D eigenvalue weighted by Crippen LogP contribution is 2.45. The summed E-state index contributed by atoms with van der Waals surface area (Å²) in [6.07, 6.45) is 3.89. The van der Waals surface area contributed by atoms with Crippen molar-refractivity contribution in [3.05, 3.63) is 0 Å². The van der Waals surface area contributed by atoms with Gasteiger partial charge in [-0.3, -0.25) is 14.5 Å². The number of carbonyl (C=O) groups is 2. The lowest BCUT2D eigenvalue weighted by molar-refractivity contribution is -0.142. The van der Waals surface area contributed by atoms with Gasteiger partial charge in [-0.15, -0.1) is 0 Å². The summed E-state index contributed by atoms with van der Waals surface area (Å²) < 4.78 is 0. The minimum absolute atomic E-state index is 0.00745. The second kappa shape index (κ2) is 4.09. The first-order chi connectivity index (χ1) is 8.22. The number of carbonyl (C=O) groups excluding carboxylic acids is 2. The molecule has 0 bridgehead atoms. The maximum atomic E-state index is 12.3. The van der Waals surface area contributed by atoms with Gasteiger partial charge >= 0.3 is 0 Å². The number of amides is 2. The molecule has 3 unspecified atom stereocenters. The highest BCUT2D eigenvalue weighted by atomic mass is 16.2. The number of rotatable bonds is 2. The van der Waals surface area contributed by atoms with Crippen molar-refractivity contribution in [2.45, 2.75) is 38.6 Å². The first-order valence-electron chi connectivity index (χ1n) is 6.80. The topological polar surface area (TPSA) is 49.4 Å². The van der Waals surface area contributed by atoms with Gasteiger partial charge in [-0.2, -0.15) is 0 Å². The van der Waals surface area contributed by atoms with Gasteiger partial charge in [0, 0.05) is 6.54 Å². The first-order valence-corrected chi connectivity index (χ1v) is 6.80. The summed E-state index contributed by atoms with van der Waals surface area (Å²) in [7, 11) is 0. The van der Waals surface area contributed by atoms with E-state index in [2.05, 4.69) is 12.2 Å². The Morgan fingerprint density at radius 3 is 2.35 bits per heavy atom. The van der Waals surface area contributed by atoms with Crippen molar-refractivity contribution < 1.29 is 9.59 Å². The lowest BCUT2D eigenvalue weighted by Crippen LogP contribution is -2.42. The molecule has 0 radical (unpaired) electrons.